The van der Waals surface area contributed by atoms with Crippen LogP contribution in [-0.4, -0.2) is 68.9 Å². The van der Waals surface area contributed by atoms with Crippen molar-refractivity contribution in [2.24, 2.45) is 0 Å². The van der Waals surface area contributed by atoms with E-state index in [1.165, 1.54) is 19.1 Å². The van der Waals surface area contributed by atoms with Gasteiger partial charge < -0.3 is 14.5 Å². The quantitative estimate of drug-likeness (QED) is 0.568. The summed E-state index contributed by atoms with van der Waals surface area (Å²) in [6.45, 7) is 7.28. The summed E-state index contributed by atoms with van der Waals surface area (Å²) in [6.07, 6.45) is -0.988. The van der Waals surface area contributed by atoms with Crippen LogP contribution in [0.1, 0.15) is 29.8 Å². The molecule has 1 N–H and O–H groups in total. The minimum atomic E-state index is -3.98. The first kappa shape index (κ1) is 25.2. The molecule has 0 saturated carbocycles. The molecule has 2 aromatic carbocycles. The molecule has 1 heterocycles. The number of halogens is 1. The summed E-state index contributed by atoms with van der Waals surface area (Å²) in [7, 11) is -3.98. The number of sulfonamides is 1. The normalized spacial score (nSPS) is 15.8. The maximum absolute atomic E-state index is 12.8. The van der Waals surface area contributed by atoms with Crippen molar-refractivity contribution in [3.8, 4) is 0 Å². The van der Waals surface area contributed by atoms with E-state index in [0.717, 1.165) is 31.3 Å². The molecule has 8 nitrogen and oxygen atoms in total. The smallest absolute Gasteiger partial charge is 0.338 e. The molecule has 1 fully saturated rings. The van der Waals surface area contributed by atoms with Crippen LogP contribution in [0.15, 0.2) is 53.4 Å². The molecule has 3 rings (SSSR count). The van der Waals surface area contributed by atoms with Gasteiger partial charge in [-0.2, -0.15) is 0 Å². The number of esters is 1. The summed E-state index contributed by atoms with van der Waals surface area (Å²) in [5.74, 6) is -1.07. The highest BCUT2D eigenvalue weighted by Gasteiger charge is 2.28. The Labute approximate surface area is 199 Å². The Morgan fingerprint density at radius 3 is 2.39 bits per heavy atom. The van der Waals surface area contributed by atoms with Gasteiger partial charge in [-0.1, -0.05) is 48.9 Å². The van der Waals surface area contributed by atoms with Gasteiger partial charge in [-0.05, 0) is 37.2 Å². The first-order chi connectivity index (χ1) is 15.7. The standard InChI is InChI=1S/C23H28ClN3O5S/c1-3-26-11-13-27(14-12-26)22(28)17(2)32-23(29)19-9-10-20(24)21(15-19)33(30,31)25-16-18-7-5-4-6-8-18/h4-10,15,17,25H,3,11-14,16H2,1-2H3/t17-/m1/s1. The van der Waals surface area contributed by atoms with Gasteiger partial charge in [0.05, 0.1) is 10.6 Å². The van der Waals surface area contributed by atoms with Crippen LogP contribution in [0.5, 0.6) is 0 Å². The zero-order chi connectivity index (χ0) is 24.0. The van der Waals surface area contributed by atoms with Crippen LogP contribution in [0.2, 0.25) is 5.02 Å². The largest absolute Gasteiger partial charge is 0.449 e. The predicted molar refractivity (Wildman–Crippen MR) is 125 cm³/mol. The maximum atomic E-state index is 12.8. The van der Waals surface area contributed by atoms with Crippen LogP contribution in [0.25, 0.3) is 0 Å². The van der Waals surface area contributed by atoms with E-state index in [1.54, 1.807) is 29.2 Å². The van der Waals surface area contributed by atoms with Gasteiger partial charge in [0.2, 0.25) is 10.0 Å². The fourth-order valence-electron chi connectivity index (χ4n) is 3.51. The van der Waals surface area contributed by atoms with Gasteiger partial charge in [0.25, 0.3) is 5.91 Å². The first-order valence-electron chi connectivity index (χ1n) is 10.8. The zero-order valence-electron chi connectivity index (χ0n) is 18.7. The van der Waals surface area contributed by atoms with Gasteiger partial charge in [0.1, 0.15) is 4.90 Å². The highest BCUT2D eigenvalue weighted by molar-refractivity contribution is 7.89. The topological polar surface area (TPSA) is 96.0 Å². The third-order valence-electron chi connectivity index (χ3n) is 5.53. The number of piperazine rings is 1. The fourth-order valence-corrected chi connectivity index (χ4v) is 5.05. The van der Waals surface area contributed by atoms with E-state index in [0.29, 0.717) is 13.1 Å². The van der Waals surface area contributed by atoms with Crippen molar-refractivity contribution in [1.82, 2.24) is 14.5 Å². The number of nitrogens with one attached hydrogen (secondary N) is 1. The van der Waals surface area contributed by atoms with Crippen molar-refractivity contribution in [3.05, 3.63) is 64.7 Å². The van der Waals surface area contributed by atoms with Crippen molar-refractivity contribution in [1.29, 1.82) is 0 Å². The molecule has 10 heteroatoms. The number of hydrogen-bond acceptors (Lipinski definition) is 6. The molecule has 0 unspecified atom stereocenters. The number of amides is 1. The van der Waals surface area contributed by atoms with Crippen molar-refractivity contribution < 1.29 is 22.7 Å². The first-order valence-corrected chi connectivity index (χ1v) is 12.6. The number of rotatable bonds is 8. The second-order valence-corrected chi connectivity index (χ2v) is 9.91. The second kappa shape index (κ2) is 11.1. The highest BCUT2D eigenvalue weighted by Crippen LogP contribution is 2.24. The molecule has 1 saturated heterocycles. The van der Waals surface area contributed by atoms with Crippen molar-refractivity contribution in [2.75, 3.05) is 32.7 Å². The second-order valence-electron chi connectivity index (χ2n) is 7.76. The Bertz CT molecular complexity index is 1090. The molecule has 0 aliphatic carbocycles. The number of ether oxygens (including phenoxy) is 1. The number of hydrogen-bond donors (Lipinski definition) is 1. The van der Waals surface area contributed by atoms with Gasteiger partial charge >= 0.3 is 5.97 Å². The molecule has 0 aromatic heterocycles. The number of nitrogens with zero attached hydrogens (tertiary/aromatic N) is 2. The molecule has 1 aliphatic rings. The van der Waals surface area contributed by atoms with E-state index in [-0.39, 0.29) is 27.9 Å². The van der Waals surface area contributed by atoms with E-state index >= 15 is 0 Å². The van der Waals surface area contributed by atoms with E-state index in [4.69, 9.17) is 16.3 Å². The molecule has 0 radical (unpaired) electrons. The SMILES string of the molecule is CCN1CCN(C(=O)[C@@H](C)OC(=O)c2ccc(Cl)c(S(=O)(=O)NCc3ccccc3)c2)CC1. The molecule has 1 aliphatic heterocycles. The Balaban J connectivity index is 1.66. The Hall–Kier alpha value is -2.46. The van der Waals surface area contributed by atoms with E-state index < -0.39 is 22.1 Å². The van der Waals surface area contributed by atoms with Gasteiger partial charge in [-0.25, -0.2) is 17.9 Å². The van der Waals surface area contributed by atoms with Gasteiger partial charge in [-0.15, -0.1) is 0 Å². The van der Waals surface area contributed by atoms with Gasteiger partial charge in [-0.3, -0.25) is 4.79 Å². The third-order valence-corrected chi connectivity index (χ3v) is 7.41. The number of likely N-dealkylation sites (N-methyl/N-ethyl adjacent to an activating group) is 1. The van der Waals surface area contributed by atoms with Crippen molar-refractivity contribution in [3.63, 3.8) is 0 Å². The molecular formula is C23H28ClN3O5S. The molecule has 1 amide bonds. The average Bonchev–Trinajstić information content (AvgIpc) is 2.83. The number of carbonyl (C=O) groups excluding carboxylic acids is 2. The van der Waals surface area contributed by atoms with E-state index in [9.17, 15) is 18.0 Å². The predicted octanol–water partition coefficient (Wildman–Crippen LogP) is 2.53. The van der Waals surface area contributed by atoms with Gasteiger partial charge in [0.15, 0.2) is 6.10 Å². The van der Waals surface area contributed by atoms with Crippen LogP contribution in [-0.2, 0) is 26.1 Å². The minimum absolute atomic E-state index is 0.00469. The van der Waals surface area contributed by atoms with Crippen LogP contribution in [0.3, 0.4) is 0 Å². The van der Waals surface area contributed by atoms with Crippen molar-refractivity contribution in [2.45, 2.75) is 31.4 Å². The Morgan fingerprint density at radius 1 is 1.09 bits per heavy atom. The molecule has 0 spiro atoms. The van der Waals surface area contributed by atoms with Crippen LogP contribution in [0.4, 0.5) is 0 Å². The summed E-state index contributed by atoms with van der Waals surface area (Å²) in [5, 5.41) is -0.0231. The number of carbonyl (C=O) groups is 2. The summed E-state index contributed by atoms with van der Waals surface area (Å²) < 4.78 is 33.4. The highest BCUT2D eigenvalue weighted by atomic mass is 35.5. The summed E-state index contributed by atoms with van der Waals surface area (Å²) in [6, 6.07) is 12.9. The zero-order valence-corrected chi connectivity index (χ0v) is 20.2. The minimum Gasteiger partial charge on any atom is -0.449 e. The Kier molecular flexibility index (Phi) is 8.47. The third kappa shape index (κ3) is 6.54. The fraction of sp³-hybridized carbons (Fsp3) is 0.391. The molecule has 33 heavy (non-hydrogen) atoms. The summed E-state index contributed by atoms with van der Waals surface area (Å²) in [5.41, 5.74) is 0.773. The summed E-state index contributed by atoms with van der Waals surface area (Å²) >= 11 is 6.11. The lowest BCUT2D eigenvalue weighted by Gasteiger charge is -2.35. The average molecular weight is 494 g/mol. The maximum Gasteiger partial charge on any atom is 0.338 e. The van der Waals surface area contributed by atoms with Gasteiger partial charge in [0, 0.05) is 32.7 Å². The molecule has 0 bridgehead atoms. The molecule has 1 atom stereocenters. The monoisotopic (exact) mass is 493 g/mol. The lowest BCUT2D eigenvalue weighted by Crippen LogP contribution is -2.51. The Morgan fingerprint density at radius 2 is 1.76 bits per heavy atom. The number of benzene rings is 2. The molecule has 2 aromatic rings. The molecule has 178 valence electrons. The van der Waals surface area contributed by atoms with Crippen LogP contribution in [0, 0.1) is 0 Å². The van der Waals surface area contributed by atoms with Crippen LogP contribution >= 0.6 is 11.6 Å². The van der Waals surface area contributed by atoms with Crippen LogP contribution < -0.4 is 4.72 Å². The summed E-state index contributed by atoms with van der Waals surface area (Å²) in [4.78, 5) is 29.0. The molecular weight excluding hydrogens is 466 g/mol. The van der Waals surface area contributed by atoms with Crippen molar-refractivity contribution >= 4 is 33.5 Å². The lowest BCUT2D eigenvalue weighted by molar-refractivity contribution is -0.141. The van der Waals surface area contributed by atoms with E-state index in [1.807, 2.05) is 6.07 Å². The van der Waals surface area contributed by atoms with E-state index in [2.05, 4.69) is 16.5 Å². The lowest BCUT2D eigenvalue weighted by atomic mass is 10.2.